The van der Waals surface area contributed by atoms with Crippen molar-refractivity contribution in [3.8, 4) is 0 Å². The molecule has 21 heavy (non-hydrogen) atoms. The molecule has 0 radical (unpaired) electrons. The number of nitrogens with zero attached hydrogens (tertiary/aromatic N) is 1. The third-order valence-electron chi connectivity index (χ3n) is 3.67. The van der Waals surface area contributed by atoms with Crippen LogP contribution in [0, 0.1) is 11.7 Å². The lowest BCUT2D eigenvalue weighted by molar-refractivity contribution is -0.142. The van der Waals surface area contributed by atoms with Gasteiger partial charge in [0.25, 0.3) is 0 Å². The van der Waals surface area contributed by atoms with Gasteiger partial charge < -0.3 is 5.11 Å². The van der Waals surface area contributed by atoms with E-state index in [1.807, 2.05) is 0 Å². The minimum atomic E-state index is -3.97. The number of hydrogen-bond acceptors (Lipinski definition) is 3. The fraction of sp³-hybridized carbons (Fsp3) is 0.462. The van der Waals surface area contributed by atoms with Gasteiger partial charge in [-0.25, -0.2) is 12.8 Å². The van der Waals surface area contributed by atoms with Crippen molar-refractivity contribution in [3.05, 3.63) is 29.0 Å². The zero-order valence-corrected chi connectivity index (χ0v) is 12.9. The number of sulfonamides is 1. The highest BCUT2D eigenvalue weighted by Crippen LogP contribution is 2.33. The molecule has 2 rings (SSSR count). The van der Waals surface area contributed by atoms with Crippen LogP contribution in [0.1, 0.15) is 19.8 Å². The molecule has 8 heteroatoms. The molecule has 0 saturated carbocycles. The zero-order chi connectivity index (χ0) is 15.8. The van der Waals surface area contributed by atoms with Crippen molar-refractivity contribution in [1.29, 1.82) is 0 Å². The number of rotatable bonds is 4. The van der Waals surface area contributed by atoms with Crippen LogP contribution in [-0.4, -0.2) is 36.4 Å². The Morgan fingerprint density at radius 3 is 2.67 bits per heavy atom. The van der Waals surface area contributed by atoms with E-state index in [0.29, 0.717) is 6.42 Å². The van der Waals surface area contributed by atoms with E-state index < -0.39 is 33.8 Å². The van der Waals surface area contributed by atoms with Crippen LogP contribution in [0.15, 0.2) is 23.1 Å². The van der Waals surface area contributed by atoms with E-state index in [4.69, 9.17) is 16.7 Å². The van der Waals surface area contributed by atoms with Crippen molar-refractivity contribution < 1.29 is 22.7 Å². The molecule has 2 atom stereocenters. The molecule has 1 saturated heterocycles. The Morgan fingerprint density at radius 2 is 2.14 bits per heavy atom. The van der Waals surface area contributed by atoms with Gasteiger partial charge in [0.05, 0.1) is 10.8 Å². The van der Waals surface area contributed by atoms with Crippen molar-refractivity contribution in [2.75, 3.05) is 6.54 Å². The first-order valence-corrected chi connectivity index (χ1v) is 8.30. The predicted molar refractivity (Wildman–Crippen MR) is 75.1 cm³/mol. The lowest BCUT2D eigenvalue weighted by atomic mass is 9.99. The lowest BCUT2D eigenvalue weighted by Crippen LogP contribution is -2.39. The molecule has 0 spiro atoms. The molecule has 2 unspecified atom stereocenters. The van der Waals surface area contributed by atoms with Gasteiger partial charge in [-0.05, 0) is 31.0 Å². The normalized spacial score (nSPS) is 23.4. The number of carbonyl (C=O) groups is 1. The molecule has 1 N–H and O–H groups in total. The molecule has 116 valence electrons. The summed E-state index contributed by atoms with van der Waals surface area (Å²) in [5.74, 6) is -2.51. The zero-order valence-electron chi connectivity index (χ0n) is 11.3. The molecule has 1 fully saturated rings. The summed E-state index contributed by atoms with van der Waals surface area (Å²) in [6.07, 6.45) is 0.620. The van der Waals surface area contributed by atoms with Gasteiger partial charge in [-0.2, -0.15) is 4.31 Å². The maximum atomic E-state index is 13.4. The van der Waals surface area contributed by atoms with Gasteiger partial charge in [-0.1, -0.05) is 18.5 Å². The first-order chi connectivity index (χ1) is 9.77. The van der Waals surface area contributed by atoms with E-state index in [1.165, 1.54) is 6.07 Å². The Hall–Kier alpha value is -1.18. The van der Waals surface area contributed by atoms with Gasteiger partial charge >= 0.3 is 5.97 Å². The van der Waals surface area contributed by atoms with Crippen molar-refractivity contribution >= 4 is 27.6 Å². The number of aliphatic carboxylic acids is 1. The quantitative estimate of drug-likeness (QED) is 0.916. The number of hydrogen-bond donors (Lipinski definition) is 1. The van der Waals surface area contributed by atoms with Crippen molar-refractivity contribution in [2.45, 2.75) is 30.7 Å². The molecule has 1 heterocycles. The van der Waals surface area contributed by atoms with Crippen molar-refractivity contribution in [3.63, 3.8) is 0 Å². The van der Waals surface area contributed by atoms with Crippen LogP contribution in [0.4, 0.5) is 4.39 Å². The van der Waals surface area contributed by atoms with Crippen LogP contribution in [-0.2, 0) is 14.8 Å². The molecule has 1 aromatic carbocycles. The molecular formula is C13H15ClFNO4S. The molecule has 1 aromatic rings. The minimum absolute atomic E-state index is 0.0180. The van der Waals surface area contributed by atoms with Crippen LogP contribution in [0.2, 0.25) is 5.02 Å². The van der Waals surface area contributed by atoms with E-state index in [2.05, 4.69) is 0 Å². The maximum Gasteiger partial charge on any atom is 0.308 e. The summed E-state index contributed by atoms with van der Waals surface area (Å²) in [5, 5.41) is 9.14. The maximum absolute atomic E-state index is 13.4. The summed E-state index contributed by atoms with van der Waals surface area (Å²) in [6, 6.07) is 2.44. The summed E-state index contributed by atoms with van der Waals surface area (Å²) in [6.45, 7) is 1.83. The average molecular weight is 336 g/mol. The molecule has 1 aliphatic heterocycles. The predicted octanol–water partition coefficient (Wildman–Crippen LogP) is 2.35. The Balaban J connectivity index is 2.42. The van der Waals surface area contributed by atoms with E-state index in [0.717, 1.165) is 16.4 Å². The largest absolute Gasteiger partial charge is 0.481 e. The summed E-state index contributed by atoms with van der Waals surface area (Å²) in [4.78, 5) is 10.9. The minimum Gasteiger partial charge on any atom is -0.481 e. The van der Waals surface area contributed by atoms with Gasteiger partial charge in [0.2, 0.25) is 10.0 Å². The summed E-state index contributed by atoms with van der Waals surface area (Å²) < 4.78 is 39.7. The Bertz CT molecular complexity index is 644. The lowest BCUT2D eigenvalue weighted by Gasteiger charge is -2.25. The second kappa shape index (κ2) is 5.90. The second-order valence-electron chi connectivity index (χ2n) is 4.93. The third kappa shape index (κ3) is 3.04. The van der Waals surface area contributed by atoms with Crippen LogP contribution in [0.25, 0.3) is 0 Å². The molecule has 0 aromatic heterocycles. The van der Waals surface area contributed by atoms with Gasteiger partial charge in [-0.15, -0.1) is 0 Å². The number of benzene rings is 1. The van der Waals surface area contributed by atoms with E-state index in [-0.39, 0.29) is 22.9 Å². The monoisotopic (exact) mass is 335 g/mol. The summed E-state index contributed by atoms with van der Waals surface area (Å²) >= 11 is 5.70. The standard InChI is InChI=1S/C13H15ClFNO4S/c1-2-12-11(13(17)18)3-4-16(12)21(19,20)10-6-8(14)5-9(15)7-10/h5-7,11-12H,2-4H2,1H3,(H,17,18). The van der Waals surface area contributed by atoms with E-state index in [9.17, 15) is 17.6 Å². The SMILES string of the molecule is CCC1C(C(=O)O)CCN1S(=O)(=O)c1cc(F)cc(Cl)c1. The molecule has 0 bridgehead atoms. The summed E-state index contributed by atoms with van der Waals surface area (Å²) in [5.41, 5.74) is 0. The van der Waals surface area contributed by atoms with Crippen LogP contribution < -0.4 is 0 Å². The Labute approximate surface area is 127 Å². The highest BCUT2D eigenvalue weighted by Gasteiger charge is 2.43. The van der Waals surface area contributed by atoms with Gasteiger partial charge in [0, 0.05) is 17.6 Å². The fourth-order valence-electron chi connectivity index (χ4n) is 2.71. The summed E-state index contributed by atoms with van der Waals surface area (Å²) in [7, 11) is -3.97. The number of carboxylic acids is 1. The molecule has 0 aliphatic carbocycles. The van der Waals surface area contributed by atoms with Crippen LogP contribution in [0.5, 0.6) is 0 Å². The highest BCUT2D eigenvalue weighted by molar-refractivity contribution is 7.89. The van der Waals surface area contributed by atoms with Crippen molar-refractivity contribution in [1.82, 2.24) is 4.31 Å². The van der Waals surface area contributed by atoms with Crippen LogP contribution in [0.3, 0.4) is 0 Å². The third-order valence-corrected chi connectivity index (χ3v) is 5.79. The Morgan fingerprint density at radius 1 is 1.48 bits per heavy atom. The smallest absolute Gasteiger partial charge is 0.308 e. The first-order valence-electron chi connectivity index (χ1n) is 6.48. The van der Waals surface area contributed by atoms with Gasteiger partial charge in [0.15, 0.2) is 0 Å². The fourth-order valence-corrected chi connectivity index (χ4v) is 4.81. The topological polar surface area (TPSA) is 74.7 Å². The molecule has 5 nitrogen and oxygen atoms in total. The highest BCUT2D eigenvalue weighted by atomic mass is 35.5. The van der Waals surface area contributed by atoms with Crippen molar-refractivity contribution in [2.24, 2.45) is 5.92 Å². The molecular weight excluding hydrogens is 321 g/mol. The Kier molecular flexibility index (Phi) is 4.55. The van der Waals surface area contributed by atoms with E-state index in [1.54, 1.807) is 6.92 Å². The van der Waals surface area contributed by atoms with Gasteiger partial charge in [-0.3, -0.25) is 4.79 Å². The first kappa shape index (κ1) is 16.2. The average Bonchev–Trinajstić information content (AvgIpc) is 2.81. The molecule has 0 amide bonds. The van der Waals surface area contributed by atoms with Gasteiger partial charge in [0.1, 0.15) is 5.82 Å². The second-order valence-corrected chi connectivity index (χ2v) is 7.26. The van der Waals surface area contributed by atoms with Crippen LogP contribution >= 0.6 is 11.6 Å². The number of halogens is 2. The van der Waals surface area contributed by atoms with E-state index >= 15 is 0 Å². The number of carboxylic acid groups (broad SMARTS) is 1. The molecule has 1 aliphatic rings.